The van der Waals surface area contributed by atoms with Gasteiger partial charge in [-0.15, -0.1) is 0 Å². The minimum atomic E-state index is -4.08. The third-order valence-electron chi connectivity index (χ3n) is 5.37. The summed E-state index contributed by atoms with van der Waals surface area (Å²) in [7, 11) is -2.81. The molecular weight excluding hydrogens is 407 g/mol. The number of anilines is 1. The van der Waals surface area contributed by atoms with Crippen LogP contribution < -0.4 is 5.32 Å². The molecule has 2 amide bonds. The molecule has 8 heteroatoms. The van der Waals surface area contributed by atoms with E-state index in [2.05, 4.69) is 5.32 Å². The minimum absolute atomic E-state index is 0.121. The summed E-state index contributed by atoms with van der Waals surface area (Å²) < 4.78 is 39.8. The van der Waals surface area contributed by atoms with Crippen LogP contribution in [-0.4, -0.2) is 31.6 Å². The molecule has 6 nitrogen and oxygen atoms in total. The van der Waals surface area contributed by atoms with Crippen molar-refractivity contribution in [3.8, 4) is 0 Å². The zero-order valence-corrected chi connectivity index (χ0v) is 17.6. The van der Waals surface area contributed by atoms with Crippen LogP contribution in [0.1, 0.15) is 48.9 Å². The molecule has 1 fully saturated rings. The first kappa shape index (κ1) is 22.0. The molecule has 0 atom stereocenters. The zero-order valence-electron chi connectivity index (χ0n) is 16.8. The fourth-order valence-electron chi connectivity index (χ4n) is 3.59. The maximum Gasteiger partial charge on any atom is 0.266 e. The number of hydrogen-bond donors (Lipinski definition) is 1. The Balaban J connectivity index is 1.78. The predicted molar refractivity (Wildman–Crippen MR) is 112 cm³/mol. The molecule has 0 bridgehead atoms. The highest BCUT2D eigenvalue weighted by atomic mass is 32.2. The Morgan fingerprint density at radius 3 is 2.27 bits per heavy atom. The molecule has 0 spiro atoms. The van der Waals surface area contributed by atoms with Crippen LogP contribution in [0.2, 0.25) is 0 Å². The maximum absolute atomic E-state index is 13.0. The second-order valence-corrected chi connectivity index (χ2v) is 9.46. The van der Waals surface area contributed by atoms with Crippen molar-refractivity contribution in [2.45, 2.75) is 43.4 Å². The maximum atomic E-state index is 13.0. The Hall–Kier alpha value is -2.74. The standard InChI is InChI=1S/C22H25FN2O4S/c1-25(22(27)16-7-4-2-3-5-8-16)30(28,29)20-10-6-9-17(15-20)21(26)24-19-13-11-18(23)12-14-19/h6,9-16H,2-5,7-8H2,1H3,(H,24,26). The minimum Gasteiger partial charge on any atom is -0.322 e. The lowest BCUT2D eigenvalue weighted by Crippen LogP contribution is -2.37. The quantitative estimate of drug-likeness (QED) is 0.718. The van der Waals surface area contributed by atoms with Gasteiger partial charge in [-0.2, -0.15) is 0 Å². The van der Waals surface area contributed by atoms with E-state index >= 15 is 0 Å². The van der Waals surface area contributed by atoms with E-state index in [1.165, 1.54) is 55.6 Å². The average molecular weight is 433 g/mol. The number of sulfonamides is 1. The molecule has 1 aliphatic rings. The molecule has 1 aliphatic carbocycles. The average Bonchev–Trinajstić information content (AvgIpc) is 3.04. The molecule has 0 aliphatic heterocycles. The van der Waals surface area contributed by atoms with Gasteiger partial charge in [-0.05, 0) is 55.3 Å². The van der Waals surface area contributed by atoms with Gasteiger partial charge in [-0.25, -0.2) is 17.1 Å². The first-order valence-electron chi connectivity index (χ1n) is 9.99. The van der Waals surface area contributed by atoms with Gasteiger partial charge < -0.3 is 5.32 Å². The Bertz CT molecular complexity index is 1010. The van der Waals surface area contributed by atoms with Crippen LogP contribution in [-0.2, 0) is 14.8 Å². The Morgan fingerprint density at radius 1 is 1.00 bits per heavy atom. The molecule has 0 radical (unpaired) electrons. The van der Waals surface area contributed by atoms with Crippen molar-refractivity contribution < 1.29 is 22.4 Å². The molecule has 2 aromatic rings. The van der Waals surface area contributed by atoms with E-state index in [4.69, 9.17) is 0 Å². The molecule has 3 rings (SSSR count). The lowest BCUT2D eigenvalue weighted by Gasteiger charge is -2.23. The SMILES string of the molecule is CN(C(=O)C1CCCCCC1)S(=O)(=O)c1cccc(C(=O)Nc2ccc(F)cc2)c1. The molecule has 1 saturated carbocycles. The molecule has 0 heterocycles. The number of benzene rings is 2. The summed E-state index contributed by atoms with van der Waals surface area (Å²) in [5.74, 6) is -1.66. The number of amides is 2. The van der Waals surface area contributed by atoms with Gasteiger partial charge in [0.05, 0.1) is 4.90 Å². The van der Waals surface area contributed by atoms with Crippen molar-refractivity contribution in [2.75, 3.05) is 12.4 Å². The lowest BCUT2D eigenvalue weighted by molar-refractivity contribution is -0.130. The van der Waals surface area contributed by atoms with E-state index in [0.29, 0.717) is 18.5 Å². The van der Waals surface area contributed by atoms with Gasteiger partial charge in [-0.1, -0.05) is 31.7 Å². The highest BCUT2D eigenvalue weighted by Crippen LogP contribution is 2.27. The largest absolute Gasteiger partial charge is 0.322 e. The number of nitrogens with zero attached hydrogens (tertiary/aromatic N) is 1. The lowest BCUT2D eigenvalue weighted by atomic mass is 10.00. The van der Waals surface area contributed by atoms with E-state index in [0.717, 1.165) is 30.0 Å². The number of rotatable bonds is 5. The van der Waals surface area contributed by atoms with Crippen molar-refractivity contribution in [3.63, 3.8) is 0 Å². The number of halogens is 1. The molecule has 0 saturated heterocycles. The molecule has 30 heavy (non-hydrogen) atoms. The van der Waals surface area contributed by atoms with Crippen LogP contribution in [0.5, 0.6) is 0 Å². The first-order chi connectivity index (χ1) is 14.3. The zero-order chi connectivity index (χ0) is 21.7. The summed E-state index contributed by atoms with van der Waals surface area (Å²) >= 11 is 0. The second kappa shape index (κ2) is 9.38. The van der Waals surface area contributed by atoms with Gasteiger partial charge in [0.1, 0.15) is 5.82 Å². The summed E-state index contributed by atoms with van der Waals surface area (Å²) in [5.41, 5.74) is 0.506. The number of carbonyl (C=O) groups excluding carboxylic acids is 2. The number of nitrogens with one attached hydrogen (secondary N) is 1. The fourth-order valence-corrected chi connectivity index (χ4v) is 4.82. The van der Waals surface area contributed by atoms with Crippen LogP contribution in [0.25, 0.3) is 0 Å². The van der Waals surface area contributed by atoms with Crippen LogP contribution in [0.3, 0.4) is 0 Å². The molecule has 0 unspecified atom stereocenters. The van der Waals surface area contributed by atoms with E-state index in [1.807, 2.05) is 0 Å². The number of hydrogen-bond acceptors (Lipinski definition) is 4. The van der Waals surface area contributed by atoms with Gasteiger partial charge in [0, 0.05) is 24.2 Å². The van der Waals surface area contributed by atoms with Crippen molar-refractivity contribution in [1.82, 2.24) is 4.31 Å². The molecule has 0 aromatic heterocycles. The molecule has 1 N–H and O–H groups in total. The third-order valence-corrected chi connectivity index (χ3v) is 7.12. The first-order valence-corrected chi connectivity index (χ1v) is 11.4. The van der Waals surface area contributed by atoms with Gasteiger partial charge in [0.15, 0.2) is 0 Å². The Kier molecular flexibility index (Phi) is 6.87. The van der Waals surface area contributed by atoms with Gasteiger partial charge >= 0.3 is 0 Å². The molecule has 2 aromatic carbocycles. The summed E-state index contributed by atoms with van der Waals surface area (Å²) in [4.78, 5) is 25.2. The van der Waals surface area contributed by atoms with Crippen LogP contribution in [0.4, 0.5) is 10.1 Å². The van der Waals surface area contributed by atoms with Crippen molar-refractivity contribution in [2.24, 2.45) is 5.92 Å². The topological polar surface area (TPSA) is 83.6 Å². The third kappa shape index (κ3) is 5.05. The van der Waals surface area contributed by atoms with Crippen molar-refractivity contribution in [1.29, 1.82) is 0 Å². The van der Waals surface area contributed by atoms with E-state index in [1.54, 1.807) is 0 Å². The van der Waals surface area contributed by atoms with Crippen LogP contribution >= 0.6 is 0 Å². The van der Waals surface area contributed by atoms with E-state index in [-0.39, 0.29) is 16.4 Å². The van der Waals surface area contributed by atoms with Gasteiger partial charge in [0.25, 0.3) is 15.9 Å². The normalized spacial score (nSPS) is 15.3. The fraction of sp³-hybridized carbons (Fsp3) is 0.364. The predicted octanol–water partition coefficient (Wildman–Crippen LogP) is 4.20. The Morgan fingerprint density at radius 2 is 1.63 bits per heavy atom. The second-order valence-electron chi connectivity index (χ2n) is 7.49. The number of carbonyl (C=O) groups is 2. The van der Waals surface area contributed by atoms with E-state index < -0.39 is 27.7 Å². The molecule has 160 valence electrons. The highest BCUT2D eigenvalue weighted by molar-refractivity contribution is 7.89. The highest BCUT2D eigenvalue weighted by Gasteiger charge is 2.31. The van der Waals surface area contributed by atoms with Crippen LogP contribution in [0.15, 0.2) is 53.4 Å². The Labute approximate surface area is 176 Å². The van der Waals surface area contributed by atoms with Gasteiger partial charge in [-0.3, -0.25) is 9.59 Å². The van der Waals surface area contributed by atoms with Crippen molar-refractivity contribution >= 4 is 27.5 Å². The van der Waals surface area contributed by atoms with E-state index in [9.17, 15) is 22.4 Å². The van der Waals surface area contributed by atoms with Crippen LogP contribution in [0, 0.1) is 11.7 Å². The smallest absolute Gasteiger partial charge is 0.266 e. The summed E-state index contributed by atoms with van der Waals surface area (Å²) in [6.07, 6.45) is 5.35. The van der Waals surface area contributed by atoms with Crippen molar-refractivity contribution in [3.05, 3.63) is 59.9 Å². The molecular formula is C22H25FN2O4S. The van der Waals surface area contributed by atoms with Gasteiger partial charge in [0.2, 0.25) is 5.91 Å². The monoisotopic (exact) mass is 432 g/mol. The summed E-state index contributed by atoms with van der Waals surface area (Å²) in [5, 5.41) is 2.59. The summed E-state index contributed by atoms with van der Waals surface area (Å²) in [6, 6.07) is 10.8. The summed E-state index contributed by atoms with van der Waals surface area (Å²) in [6.45, 7) is 0.